The molecule has 2 unspecified atom stereocenters. The molecule has 3 nitrogen and oxygen atoms in total. The van der Waals surface area contributed by atoms with Gasteiger partial charge in [-0.15, -0.1) is 0 Å². The zero-order chi connectivity index (χ0) is 13.2. The van der Waals surface area contributed by atoms with Crippen LogP contribution in [-0.2, 0) is 11.0 Å². The van der Waals surface area contributed by atoms with Gasteiger partial charge in [0.1, 0.15) is 6.04 Å². The van der Waals surface area contributed by atoms with Crippen LogP contribution >= 0.6 is 0 Å². The van der Waals surface area contributed by atoms with Gasteiger partial charge in [-0.2, -0.15) is 13.2 Å². The fourth-order valence-corrected chi connectivity index (χ4v) is 1.31. The van der Waals surface area contributed by atoms with E-state index in [-0.39, 0.29) is 0 Å². The Morgan fingerprint density at radius 3 is 2.29 bits per heavy atom. The number of carboxylic acids is 1. The van der Waals surface area contributed by atoms with Gasteiger partial charge in [0.2, 0.25) is 0 Å². The summed E-state index contributed by atoms with van der Waals surface area (Å²) in [6.45, 7) is 0. The molecule has 0 saturated heterocycles. The molecular weight excluding hydrogens is 242 g/mol. The van der Waals surface area contributed by atoms with Gasteiger partial charge in [-0.3, -0.25) is 4.79 Å². The van der Waals surface area contributed by atoms with Crippen molar-refractivity contribution in [2.75, 3.05) is 0 Å². The molecular formula is C10H9F4NO2. The van der Waals surface area contributed by atoms with Crippen molar-refractivity contribution in [3.05, 3.63) is 35.4 Å². The van der Waals surface area contributed by atoms with Crippen LogP contribution in [0.5, 0.6) is 0 Å². The van der Waals surface area contributed by atoms with Gasteiger partial charge in [0.25, 0.3) is 0 Å². The highest BCUT2D eigenvalue weighted by Gasteiger charge is 2.37. The molecule has 1 aromatic rings. The normalized spacial score (nSPS) is 15.4. The third kappa shape index (κ3) is 2.94. The van der Waals surface area contributed by atoms with Gasteiger partial charge < -0.3 is 10.8 Å². The average molecular weight is 251 g/mol. The van der Waals surface area contributed by atoms with Crippen LogP contribution < -0.4 is 5.73 Å². The summed E-state index contributed by atoms with van der Waals surface area (Å²) in [5.74, 6) is -1.70. The van der Waals surface area contributed by atoms with Gasteiger partial charge in [-0.1, -0.05) is 18.2 Å². The molecule has 0 aliphatic carbocycles. The van der Waals surface area contributed by atoms with Crippen LogP contribution in [0.3, 0.4) is 0 Å². The Kier molecular flexibility index (Phi) is 3.72. The van der Waals surface area contributed by atoms with Gasteiger partial charge in [-0.05, 0) is 6.07 Å². The standard InChI is InChI=1S/C10H9F4NO2/c11-7(8(15)9(16)17)5-3-1-2-4-6(5)10(12,13)14/h1-4,7-8H,15H2,(H,16,17). The van der Waals surface area contributed by atoms with Crippen LogP contribution in [0.25, 0.3) is 0 Å². The molecule has 0 bridgehead atoms. The lowest BCUT2D eigenvalue weighted by Gasteiger charge is -2.18. The molecule has 0 saturated carbocycles. The number of aliphatic carboxylic acids is 1. The number of rotatable bonds is 3. The van der Waals surface area contributed by atoms with Crippen LogP contribution in [0, 0.1) is 0 Å². The van der Waals surface area contributed by atoms with Crippen LogP contribution in [0.4, 0.5) is 17.6 Å². The number of carbonyl (C=O) groups is 1. The molecule has 17 heavy (non-hydrogen) atoms. The van der Waals surface area contributed by atoms with Crippen LogP contribution in [-0.4, -0.2) is 17.1 Å². The van der Waals surface area contributed by atoms with Gasteiger partial charge in [0.15, 0.2) is 6.17 Å². The SMILES string of the molecule is NC(C(=O)O)C(F)c1ccccc1C(F)(F)F. The maximum Gasteiger partial charge on any atom is 0.416 e. The molecule has 0 spiro atoms. The number of halogens is 4. The predicted octanol–water partition coefficient (Wildman–Crippen LogP) is 2.13. The third-order valence-corrected chi connectivity index (χ3v) is 2.16. The lowest BCUT2D eigenvalue weighted by Crippen LogP contribution is -2.35. The van der Waals surface area contributed by atoms with Gasteiger partial charge in [-0.25, -0.2) is 4.39 Å². The first-order chi connectivity index (χ1) is 7.75. The van der Waals surface area contributed by atoms with E-state index in [4.69, 9.17) is 10.8 Å². The number of hydrogen-bond donors (Lipinski definition) is 2. The number of carboxylic acid groups (broad SMARTS) is 1. The summed E-state index contributed by atoms with van der Waals surface area (Å²) >= 11 is 0. The molecule has 2 atom stereocenters. The minimum atomic E-state index is -4.75. The molecule has 0 amide bonds. The van der Waals surface area contributed by atoms with Crippen molar-refractivity contribution < 1.29 is 27.5 Å². The van der Waals surface area contributed by atoms with E-state index in [1.54, 1.807) is 0 Å². The molecule has 0 heterocycles. The summed E-state index contributed by atoms with van der Waals surface area (Å²) in [6.07, 6.45) is -7.16. The van der Waals surface area contributed by atoms with Crippen LogP contribution in [0.2, 0.25) is 0 Å². The van der Waals surface area contributed by atoms with Gasteiger partial charge in [0, 0.05) is 5.56 Å². The molecule has 1 aromatic carbocycles. The smallest absolute Gasteiger partial charge is 0.416 e. The molecule has 7 heteroatoms. The van der Waals surface area contributed by atoms with Crippen molar-refractivity contribution in [2.24, 2.45) is 5.73 Å². The second-order valence-electron chi connectivity index (χ2n) is 3.35. The minimum Gasteiger partial charge on any atom is -0.480 e. The number of nitrogens with two attached hydrogens (primary N) is 1. The average Bonchev–Trinajstić information content (AvgIpc) is 2.25. The lowest BCUT2D eigenvalue weighted by molar-refractivity contribution is -0.143. The van der Waals surface area contributed by atoms with E-state index >= 15 is 0 Å². The van der Waals surface area contributed by atoms with E-state index in [1.807, 2.05) is 0 Å². The summed E-state index contributed by atoms with van der Waals surface area (Å²) in [5.41, 5.74) is 2.98. The van der Waals surface area contributed by atoms with Crippen molar-refractivity contribution >= 4 is 5.97 Å². The van der Waals surface area contributed by atoms with E-state index < -0.39 is 35.5 Å². The highest BCUT2D eigenvalue weighted by atomic mass is 19.4. The van der Waals surface area contributed by atoms with Crippen molar-refractivity contribution in [2.45, 2.75) is 18.4 Å². The zero-order valence-corrected chi connectivity index (χ0v) is 8.41. The number of alkyl halides is 4. The largest absolute Gasteiger partial charge is 0.480 e. The molecule has 0 aromatic heterocycles. The highest BCUT2D eigenvalue weighted by molar-refractivity contribution is 5.74. The summed E-state index contributed by atoms with van der Waals surface area (Å²) in [6, 6.07) is 1.79. The summed E-state index contributed by atoms with van der Waals surface area (Å²) < 4.78 is 51.1. The van der Waals surface area contributed by atoms with E-state index in [9.17, 15) is 22.4 Å². The Balaban J connectivity index is 3.18. The molecule has 94 valence electrons. The summed E-state index contributed by atoms with van der Waals surface area (Å²) in [7, 11) is 0. The second-order valence-corrected chi connectivity index (χ2v) is 3.35. The first kappa shape index (κ1) is 13.4. The Morgan fingerprint density at radius 1 is 1.29 bits per heavy atom. The van der Waals surface area contributed by atoms with Crippen molar-refractivity contribution in [3.63, 3.8) is 0 Å². The maximum atomic E-state index is 13.6. The molecule has 0 fully saturated rings. The van der Waals surface area contributed by atoms with Crippen molar-refractivity contribution in [1.29, 1.82) is 0 Å². The first-order valence-corrected chi connectivity index (χ1v) is 4.53. The first-order valence-electron chi connectivity index (χ1n) is 4.53. The number of hydrogen-bond acceptors (Lipinski definition) is 2. The predicted molar refractivity (Wildman–Crippen MR) is 50.9 cm³/mol. The summed E-state index contributed by atoms with van der Waals surface area (Å²) in [4.78, 5) is 10.4. The molecule has 0 aliphatic rings. The van der Waals surface area contributed by atoms with Crippen LogP contribution in [0.15, 0.2) is 24.3 Å². The maximum absolute atomic E-state index is 13.6. The van der Waals surface area contributed by atoms with Crippen LogP contribution in [0.1, 0.15) is 17.3 Å². The van der Waals surface area contributed by atoms with Crippen molar-refractivity contribution in [1.82, 2.24) is 0 Å². The van der Waals surface area contributed by atoms with E-state index in [1.165, 1.54) is 6.07 Å². The zero-order valence-electron chi connectivity index (χ0n) is 8.41. The molecule has 0 aliphatic heterocycles. The quantitative estimate of drug-likeness (QED) is 0.809. The van der Waals surface area contributed by atoms with E-state index in [0.717, 1.165) is 12.1 Å². The second kappa shape index (κ2) is 4.70. The molecule has 0 radical (unpaired) electrons. The van der Waals surface area contributed by atoms with E-state index in [2.05, 4.69) is 0 Å². The molecule has 3 N–H and O–H groups in total. The fraction of sp³-hybridized carbons (Fsp3) is 0.300. The Hall–Kier alpha value is -1.63. The fourth-order valence-electron chi connectivity index (χ4n) is 1.31. The van der Waals surface area contributed by atoms with E-state index in [0.29, 0.717) is 6.07 Å². The van der Waals surface area contributed by atoms with Gasteiger partial charge in [0.05, 0.1) is 5.56 Å². The Morgan fingerprint density at radius 2 is 1.82 bits per heavy atom. The van der Waals surface area contributed by atoms with Crippen molar-refractivity contribution in [3.8, 4) is 0 Å². The highest BCUT2D eigenvalue weighted by Crippen LogP contribution is 2.36. The monoisotopic (exact) mass is 251 g/mol. The number of benzene rings is 1. The Labute approximate surface area is 93.8 Å². The minimum absolute atomic E-state index is 0.677. The third-order valence-electron chi connectivity index (χ3n) is 2.16. The lowest BCUT2D eigenvalue weighted by atomic mass is 9.98. The molecule has 1 rings (SSSR count). The Bertz CT molecular complexity index is 419. The summed E-state index contributed by atoms with van der Waals surface area (Å²) in [5, 5.41) is 8.46. The topological polar surface area (TPSA) is 63.3 Å². The van der Waals surface area contributed by atoms with Gasteiger partial charge >= 0.3 is 12.1 Å².